The summed E-state index contributed by atoms with van der Waals surface area (Å²) in [5.74, 6) is 0.465. The molecule has 1 amide bonds. The molecule has 1 saturated heterocycles. The Bertz CT molecular complexity index is 1300. The fourth-order valence-electron chi connectivity index (χ4n) is 3.69. The number of ether oxygens (including phenoxy) is 1. The Balaban J connectivity index is 1.34. The first kappa shape index (κ1) is 18.6. The fraction of sp³-hybridized carbons (Fsp3) is 0.227. The molecule has 0 atom stereocenters. The van der Waals surface area contributed by atoms with E-state index in [-0.39, 0.29) is 11.5 Å². The van der Waals surface area contributed by atoms with Gasteiger partial charge in [-0.2, -0.15) is 0 Å². The summed E-state index contributed by atoms with van der Waals surface area (Å²) >= 11 is 1.61. The van der Waals surface area contributed by atoms with Crippen LogP contribution in [0.2, 0.25) is 0 Å². The highest BCUT2D eigenvalue weighted by Gasteiger charge is 2.26. The number of piperazine rings is 1. The predicted octanol–water partition coefficient (Wildman–Crippen LogP) is 3.37. The second-order valence-corrected chi connectivity index (χ2v) is 8.08. The highest BCUT2D eigenvalue weighted by Crippen LogP contribution is 2.34. The smallest absolute Gasteiger partial charge is 0.349 e. The average Bonchev–Trinajstić information content (AvgIpc) is 3.23. The number of benzene rings is 2. The van der Waals surface area contributed by atoms with Gasteiger partial charge in [0, 0.05) is 31.6 Å². The van der Waals surface area contributed by atoms with Gasteiger partial charge in [-0.3, -0.25) is 4.79 Å². The minimum Gasteiger partial charge on any atom is -0.494 e. The number of carbonyl (C=O) groups is 1. The van der Waals surface area contributed by atoms with Crippen LogP contribution in [0.15, 0.2) is 57.7 Å². The van der Waals surface area contributed by atoms with Gasteiger partial charge in [0.05, 0.1) is 11.8 Å². The lowest BCUT2D eigenvalue weighted by atomic mass is 10.1. The lowest BCUT2D eigenvalue weighted by molar-refractivity contribution is 0.0742. The first-order valence-electron chi connectivity index (χ1n) is 9.65. The van der Waals surface area contributed by atoms with Crippen LogP contribution >= 0.6 is 11.3 Å². The van der Waals surface area contributed by atoms with Gasteiger partial charge in [0.2, 0.25) is 0 Å². The summed E-state index contributed by atoms with van der Waals surface area (Å²) in [7, 11) is 1.64. The van der Waals surface area contributed by atoms with Gasteiger partial charge in [0.1, 0.15) is 22.4 Å². The van der Waals surface area contributed by atoms with Gasteiger partial charge in [0.25, 0.3) is 5.91 Å². The Hall–Kier alpha value is -3.39. The first-order valence-corrected chi connectivity index (χ1v) is 10.5. The van der Waals surface area contributed by atoms with E-state index in [2.05, 4.69) is 4.90 Å². The van der Waals surface area contributed by atoms with Gasteiger partial charge in [-0.1, -0.05) is 35.6 Å². The minimum absolute atomic E-state index is 0.0758. The summed E-state index contributed by atoms with van der Waals surface area (Å²) < 4.78 is 11.8. The second-order valence-electron chi connectivity index (χ2n) is 7.07. The zero-order valence-electron chi connectivity index (χ0n) is 16.3. The SMILES string of the molecule is COc1cccc2sc(N3CCN(C(=O)c4cc5ccccc5oc4=O)CC3)nc12. The standard InChI is InChI=1S/C22H19N3O4S/c1-28-17-7-4-8-18-19(17)23-22(30-18)25-11-9-24(10-12-25)20(26)15-13-14-5-2-3-6-16(14)29-21(15)27/h2-8,13H,9-12H2,1H3. The van der Waals surface area contributed by atoms with E-state index in [9.17, 15) is 9.59 Å². The normalized spacial score (nSPS) is 14.4. The zero-order valence-corrected chi connectivity index (χ0v) is 17.1. The highest BCUT2D eigenvalue weighted by molar-refractivity contribution is 7.22. The molecule has 152 valence electrons. The van der Waals surface area contributed by atoms with Crippen molar-refractivity contribution < 1.29 is 13.9 Å². The molecule has 0 saturated carbocycles. The molecule has 2 aromatic heterocycles. The van der Waals surface area contributed by atoms with E-state index >= 15 is 0 Å². The van der Waals surface area contributed by atoms with Gasteiger partial charge >= 0.3 is 5.63 Å². The summed E-state index contributed by atoms with van der Waals surface area (Å²) in [6, 6.07) is 14.7. The van der Waals surface area contributed by atoms with Crippen LogP contribution in [0.5, 0.6) is 5.75 Å². The maximum absolute atomic E-state index is 12.9. The van der Waals surface area contributed by atoms with Crippen LogP contribution in [0.1, 0.15) is 10.4 Å². The van der Waals surface area contributed by atoms with Crippen molar-refractivity contribution in [3.63, 3.8) is 0 Å². The molecule has 3 heterocycles. The van der Waals surface area contributed by atoms with E-state index in [1.807, 2.05) is 30.3 Å². The van der Waals surface area contributed by atoms with Crippen LogP contribution in [-0.2, 0) is 0 Å². The van der Waals surface area contributed by atoms with Crippen LogP contribution in [0.4, 0.5) is 5.13 Å². The molecule has 30 heavy (non-hydrogen) atoms. The largest absolute Gasteiger partial charge is 0.494 e. The number of hydrogen-bond acceptors (Lipinski definition) is 7. The summed E-state index contributed by atoms with van der Waals surface area (Å²) in [6.07, 6.45) is 0. The molecule has 4 aromatic rings. The predicted molar refractivity (Wildman–Crippen MR) is 117 cm³/mol. The summed E-state index contributed by atoms with van der Waals surface area (Å²) in [6.45, 7) is 2.32. The third kappa shape index (κ3) is 3.19. The Kier molecular flexibility index (Phi) is 4.63. The first-order chi connectivity index (χ1) is 14.6. The number of amides is 1. The summed E-state index contributed by atoms with van der Waals surface area (Å²) in [4.78, 5) is 33.9. The van der Waals surface area contributed by atoms with Crippen LogP contribution in [0.3, 0.4) is 0 Å². The van der Waals surface area contributed by atoms with Gasteiger partial charge < -0.3 is 19.0 Å². The zero-order chi connectivity index (χ0) is 20.7. The maximum Gasteiger partial charge on any atom is 0.349 e. The summed E-state index contributed by atoms with van der Waals surface area (Å²) in [5, 5.41) is 1.65. The second kappa shape index (κ2) is 7.46. The van der Waals surface area contributed by atoms with Gasteiger partial charge in [-0.15, -0.1) is 0 Å². The topological polar surface area (TPSA) is 75.9 Å². The summed E-state index contributed by atoms with van der Waals surface area (Å²) in [5.41, 5.74) is 0.814. The van der Waals surface area contributed by atoms with E-state index in [1.165, 1.54) is 0 Å². The van der Waals surface area contributed by atoms with Crippen molar-refractivity contribution in [2.75, 3.05) is 38.2 Å². The van der Waals surface area contributed by atoms with E-state index < -0.39 is 5.63 Å². The Morgan fingerprint density at radius 3 is 2.70 bits per heavy atom. The number of rotatable bonds is 3. The number of nitrogens with zero attached hydrogens (tertiary/aromatic N) is 3. The molecular weight excluding hydrogens is 402 g/mol. The number of methoxy groups -OCH3 is 1. The molecule has 0 unspecified atom stereocenters. The van der Waals surface area contributed by atoms with Gasteiger partial charge in [0.15, 0.2) is 5.13 Å². The maximum atomic E-state index is 12.9. The van der Waals surface area contributed by atoms with Crippen molar-refractivity contribution in [3.05, 3.63) is 64.5 Å². The number of para-hydroxylation sites is 2. The molecule has 7 nitrogen and oxygen atoms in total. The monoisotopic (exact) mass is 421 g/mol. The molecule has 0 radical (unpaired) electrons. The molecule has 1 aliphatic heterocycles. The number of hydrogen-bond donors (Lipinski definition) is 0. The lowest BCUT2D eigenvalue weighted by Crippen LogP contribution is -2.49. The van der Waals surface area contributed by atoms with E-state index in [0.717, 1.165) is 26.5 Å². The fourth-order valence-corrected chi connectivity index (χ4v) is 4.73. The number of thiazole rings is 1. The van der Waals surface area contributed by atoms with E-state index in [1.54, 1.807) is 41.5 Å². The third-order valence-corrected chi connectivity index (χ3v) is 6.38. The third-order valence-electron chi connectivity index (χ3n) is 5.30. The van der Waals surface area contributed by atoms with Crippen LogP contribution in [0, 0.1) is 0 Å². The number of fused-ring (bicyclic) bond motifs is 2. The van der Waals surface area contributed by atoms with Crippen molar-refractivity contribution in [2.45, 2.75) is 0 Å². The molecule has 0 spiro atoms. The van der Waals surface area contributed by atoms with Crippen molar-refractivity contribution in [3.8, 4) is 5.75 Å². The quantitative estimate of drug-likeness (QED) is 0.472. The van der Waals surface area contributed by atoms with E-state index in [4.69, 9.17) is 14.1 Å². The van der Waals surface area contributed by atoms with Crippen LogP contribution < -0.4 is 15.3 Å². The minimum atomic E-state index is -0.598. The molecule has 0 aliphatic carbocycles. The van der Waals surface area contributed by atoms with Crippen LogP contribution in [0.25, 0.3) is 21.2 Å². The number of aromatic nitrogens is 1. The molecule has 0 bridgehead atoms. The Labute approximate surface area is 176 Å². The van der Waals surface area contributed by atoms with Gasteiger partial charge in [-0.25, -0.2) is 9.78 Å². The highest BCUT2D eigenvalue weighted by atomic mass is 32.1. The van der Waals surface area contributed by atoms with E-state index in [0.29, 0.717) is 31.8 Å². The number of carbonyl (C=O) groups excluding carboxylic acids is 1. The molecule has 5 rings (SSSR count). The lowest BCUT2D eigenvalue weighted by Gasteiger charge is -2.34. The molecule has 2 aromatic carbocycles. The Morgan fingerprint density at radius 1 is 1.10 bits per heavy atom. The van der Waals surface area contributed by atoms with Crippen molar-refractivity contribution in [1.82, 2.24) is 9.88 Å². The Morgan fingerprint density at radius 2 is 1.90 bits per heavy atom. The van der Waals surface area contributed by atoms with Crippen LogP contribution in [-0.4, -0.2) is 49.1 Å². The van der Waals surface area contributed by atoms with Crippen molar-refractivity contribution in [2.24, 2.45) is 0 Å². The molecule has 8 heteroatoms. The van der Waals surface area contributed by atoms with Gasteiger partial charge in [-0.05, 0) is 24.3 Å². The molecular formula is C22H19N3O4S. The van der Waals surface area contributed by atoms with Crippen molar-refractivity contribution in [1.29, 1.82) is 0 Å². The molecule has 1 aliphatic rings. The number of anilines is 1. The van der Waals surface area contributed by atoms with Crippen molar-refractivity contribution >= 4 is 43.6 Å². The average molecular weight is 421 g/mol. The molecule has 0 N–H and O–H groups in total. The molecule has 1 fully saturated rings.